The summed E-state index contributed by atoms with van der Waals surface area (Å²) >= 11 is 0. The van der Waals surface area contributed by atoms with E-state index in [9.17, 15) is 18.0 Å². The van der Waals surface area contributed by atoms with E-state index in [0.29, 0.717) is 28.9 Å². The minimum Gasteiger partial charge on any atom is -0.481 e. The Morgan fingerprint density at radius 2 is 1.96 bits per heavy atom. The predicted molar refractivity (Wildman–Crippen MR) is 103 cm³/mol. The molecule has 7 nitrogen and oxygen atoms in total. The van der Waals surface area contributed by atoms with Crippen molar-refractivity contribution in [2.75, 3.05) is 15.9 Å². The molecule has 0 fully saturated rings. The molecule has 2 aromatic rings. The van der Waals surface area contributed by atoms with Crippen LogP contribution in [0, 0.1) is 0 Å². The number of carboxylic acids is 1. The molecule has 0 spiro atoms. The van der Waals surface area contributed by atoms with Crippen LogP contribution in [0.4, 0.5) is 11.4 Å². The van der Waals surface area contributed by atoms with E-state index in [1.165, 1.54) is 10.6 Å². The van der Waals surface area contributed by atoms with Crippen molar-refractivity contribution in [1.82, 2.24) is 0 Å². The first-order valence-electron chi connectivity index (χ1n) is 8.39. The molecule has 2 N–H and O–H groups in total. The molecular weight excluding hydrogens is 368 g/mol. The van der Waals surface area contributed by atoms with Gasteiger partial charge >= 0.3 is 5.97 Å². The zero-order chi connectivity index (χ0) is 19.8. The van der Waals surface area contributed by atoms with Gasteiger partial charge in [-0.15, -0.1) is 0 Å². The third kappa shape index (κ3) is 4.11. The van der Waals surface area contributed by atoms with Gasteiger partial charge < -0.3 is 10.4 Å². The zero-order valence-corrected chi connectivity index (χ0v) is 15.8. The lowest BCUT2D eigenvalue weighted by molar-refractivity contribution is -0.136. The van der Waals surface area contributed by atoms with Crippen LogP contribution in [0.2, 0.25) is 0 Å². The van der Waals surface area contributed by atoms with Crippen LogP contribution in [-0.2, 0) is 27.7 Å². The predicted octanol–water partition coefficient (Wildman–Crippen LogP) is 2.28. The van der Waals surface area contributed by atoms with E-state index in [1.807, 2.05) is 6.92 Å². The van der Waals surface area contributed by atoms with Gasteiger partial charge in [0, 0.05) is 17.3 Å². The van der Waals surface area contributed by atoms with Crippen molar-refractivity contribution in [1.29, 1.82) is 0 Å². The van der Waals surface area contributed by atoms with E-state index in [0.717, 1.165) is 5.56 Å². The molecule has 0 aliphatic carbocycles. The number of carbonyl (C=O) groups excluding carboxylic acids is 1. The summed E-state index contributed by atoms with van der Waals surface area (Å²) in [6.45, 7) is 1.83. The average Bonchev–Trinajstić information content (AvgIpc) is 2.89. The van der Waals surface area contributed by atoms with Crippen molar-refractivity contribution in [2.24, 2.45) is 0 Å². The summed E-state index contributed by atoms with van der Waals surface area (Å²) in [4.78, 5) is 23.4. The number of aliphatic carboxylic acids is 1. The van der Waals surface area contributed by atoms with Gasteiger partial charge in [-0.3, -0.25) is 13.9 Å². The molecule has 0 radical (unpaired) electrons. The van der Waals surface area contributed by atoms with E-state index >= 15 is 0 Å². The molecule has 27 heavy (non-hydrogen) atoms. The summed E-state index contributed by atoms with van der Waals surface area (Å²) < 4.78 is 25.3. The number of carboxylic acid groups (broad SMARTS) is 1. The monoisotopic (exact) mass is 388 g/mol. The van der Waals surface area contributed by atoms with Gasteiger partial charge in [-0.05, 0) is 54.8 Å². The van der Waals surface area contributed by atoms with Gasteiger partial charge in [-0.25, -0.2) is 8.42 Å². The van der Waals surface area contributed by atoms with Crippen LogP contribution in [0.25, 0.3) is 0 Å². The summed E-state index contributed by atoms with van der Waals surface area (Å²) in [6, 6.07) is 11.4. The van der Waals surface area contributed by atoms with E-state index in [1.54, 1.807) is 42.5 Å². The van der Waals surface area contributed by atoms with Gasteiger partial charge in [0.25, 0.3) is 5.91 Å². The average molecular weight is 388 g/mol. The Balaban J connectivity index is 1.82. The van der Waals surface area contributed by atoms with Crippen LogP contribution < -0.4 is 9.62 Å². The quantitative estimate of drug-likeness (QED) is 0.818. The first-order chi connectivity index (χ1) is 12.6. The second kappa shape index (κ2) is 7.03. The highest BCUT2D eigenvalue weighted by Crippen LogP contribution is 2.34. The number of nitrogens with one attached hydrogen (secondary N) is 1. The third-order valence-corrected chi connectivity index (χ3v) is 5.66. The van der Waals surface area contributed by atoms with Gasteiger partial charge in [-0.2, -0.15) is 0 Å². The number of rotatable bonds is 5. The number of sulfonamides is 1. The van der Waals surface area contributed by atoms with Crippen molar-refractivity contribution in [3.8, 4) is 0 Å². The van der Waals surface area contributed by atoms with Crippen LogP contribution in [0.1, 0.15) is 28.4 Å². The summed E-state index contributed by atoms with van der Waals surface area (Å²) in [7, 11) is -3.38. The standard InChI is InChI=1S/C19H20N2O5S/c1-12-8-15-11-14(6-7-17(15)21(12)27(2,25)26)19(24)20-16-5-3-4-13(9-16)10-18(22)23/h3-7,9,11-12H,8,10H2,1-2H3,(H,20,24)(H,22,23). The van der Waals surface area contributed by atoms with E-state index < -0.39 is 16.0 Å². The number of fused-ring (bicyclic) bond motifs is 1. The van der Waals surface area contributed by atoms with Gasteiger partial charge in [0.2, 0.25) is 10.0 Å². The molecular formula is C19H20N2O5S. The summed E-state index contributed by atoms with van der Waals surface area (Å²) in [5.41, 5.74) is 2.92. The molecule has 0 saturated carbocycles. The Bertz CT molecular complexity index is 1020. The minimum atomic E-state index is -3.38. The molecule has 1 aliphatic heterocycles. The number of carbonyl (C=O) groups is 2. The lowest BCUT2D eigenvalue weighted by atomic mass is 10.1. The molecule has 8 heteroatoms. The number of hydrogen-bond donors (Lipinski definition) is 2. The van der Waals surface area contributed by atoms with Gasteiger partial charge in [0.1, 0.15) is 0 Å². The number of nitrogens with zero attached hydrogens (tertiary/aromatic N) is 1. The summed E-state index contributed by atoms with van der Waals surface area (Å²) in [5, 5.41) is 11.6. The van der Waals surface area contributed by atoms with Crippen LogP contribution in [-0.4, -0.2) is 37.7 Å². The lowest BCUT2D eigenvalue weighted by Crippen LogP contribution is -2.34. The Morgan fingerprint density at radius 1 is 1.22 bits per heavy atom. The molecule has 1 aliphatic rings. The lowest BCUT2D eigenvalue weighted by Gasteiger charge is -2.21. The molecule has 142 valence electrons. The Hall–Kier alpha value is -2.87. The number of hydrogen-bond acceptors (Lipinski definition) is 4. The van der Waals surface area contributed by atoms with E-state index in [-0.39, 0.29) is 18.4 Å². The Labute approximate surface area is 157 Å². The minimum absolute atomic E-state index is 0.123. The molecule has 1 heterocycles. The summed E-state index contributed by atoms with van der Waals surface area (Å²) in [5.74, 6) is -1.28. The smallest absolute Gasteiger partial charge is 0.307 e. The maximum Gasteiger partial charge on any atom is 0.307 e. The fourth-order valence-corrected chi connectivity index (χ4v) is 4.65. The summed E-state index contributed by atoms with van der Waals surface area (Å²) in [6.07, 6.45) is 1.59. The first-order valence-corrected chi connectivity index (χ1v) is 10.2. The Kier molecular flexibility index (Phi) is 4.93. The fourth-order valence-electron chi connectivity index (χ4n) is 3.39. The van der Waals surface area contributed by atoms with Crippen molar-refractivity contribution in [3.63, 3.8) is 0 Å². The number of benzene rings is 2. The molecule has 0 aromatic heterocycles. The molecule has 1 atom stereocenters. The van der Waals surface area contributed by atoms with E-state index in [4.69, 9.17) is 5.11 Å². The van der Waals surface area contributed by atoms with Crippen molar-refractivity contribution in [3.05, 3.63) is 59.2 Å². The second-order valence-corrected chi connectivity index (χ2v) is 8.54. The second-order valence-electron chi connectivity index (χ2n) is 6.68. The van der Waals surface area contributed by atoms with Crippen molar-refractivity contribution in [2.45, 2.75) is 25.8 Å². The molecule has 0 bridgehead atoms. The van der Waals surface area contributed by atoms with Crippen molar-refractivity contribution >= 4 is 33.3 Å². The van der Waals surface area contributed by atoms with E-state index in [2.05, 4.69) is 5.32 Å². The third-order valence-electron chi connectivity index (χ3n) is 4.39. The number of amides is 1. The maximum atomic E-state index is 12.5. The largest absolute Gasteiger partial charge is 0.481 e. The highest BCUT2D eigenvalue weighted by atomic mass is 32.2. The SMILES string of the molecule is CC1Cc2cc(C(=O)Nc3cccc(CC(=O)O)c3)ccc2N1S(C)(=O)=O. The maximum absolute atomic E-state index is 12.5. The highest BCUT2D eigenvalue weighted by Gasteiger charge is 2.32. The fraction of sp³-hybridized carbons (Fsp3) is 0.263. The highest BCUT2D eigenvalue weighted by molar-refractivity contribution is 7.92. The van der Waals surface area contributed by atoms with Gasteiger partial charge in [0.05, 0.1) is 18.4 Å². The zero-order valence-electron chi connectivity index (χ0n) is 15.0. The molecule has 0 saturated heterocycles. The molecule has 3 rings (SSSR count). The van der Waals surface area contributed by atoms with Crippen LogP contribution >= 0.6 is 0 Å². The number of anilines is 2. The first kappa shape index (κ1) is 18.9. The van der Waals surface area contributed by atoms with Crippen LogP contribution in [0.5, 0.6) is 0 Å². The normalized spacial score (nSPS) is 16.1. The van der Waals surface area contributed by atoms with Crippen molar-refractivity contribution < 1.29 is 23.1 Å². The Morgan fingerprint density at radius 3 is 2.63 bits per heavy atom. The van der Waals surface area contributed by atoms with Gasteiger partial charge in [0.15, 0.2) is 0 Å². The van der Waals surface area contributed by atoms with Crippen LogP contribution in [0.15, 0.2) is 42.5 Å². The molecule has 2 aromatic carbocycles. The van der Waals surface area contributed by atoms with Gasteiger partial charge in [-0.1, -0.05) is 12.1 Å². The molecule has 1 amide bonds. The topological polar surface area (TPSA) is 104 Å². The molecule has 1 unspecified atom stereocenters. The van der Waals surface area contributed by atoms with Crippen LogP contribution in [0.3, 0.4) is 0 Å².